The average Bonchev–Trinajstić information content (AvgIpc) is 2.52. The Morgan fingerprint density at radius 2 is 1.88 bits per heavy atom. The Morgan fingerprint density at radius 1 is 1.21 bits per heavy atom. The van der Waals surface area contributed by atoms with E-state index in [-0.39, 0.29) is 0 Å². The van der Waals surface area contributed by atoms with Gasteiger partial charge < -0.3 is 24.8 Å². The molecule has 0 aromatic heterocycles. The van der Waals surface area contributed by atoms with Gasteiger partial charge in [-0.1, -0.05) is 32.3 Å². The number of aliphatic hydroxyl groups is 3. The average molecular weight is 370 g/mol. The number of hydrogen-bond acceptors (Lipinski definition) is 8. The van der Waals surface area contributed by atoms with Gasteiger partial charge in [-0.15, -0.1) is 6.58 Å². The SMILES string of the molecule is C=CC(CCCCC)OC1OC(COS(=O)(=O)O)C(O)C(O)C1O. The molecule has 0 aromatic rings. The zero-order valence-electron chi connectivity index (χ0n) is 13.5. The third kappa shape index (κ3) is 6.73. The Labute approximate surface area is 141 Å². The van der Waals surface area contributed by atoms with Crippen LogP contribution in [0.1, 0.15) is 32.6 Å². The maximum Gasteiger partial charge on any atom is 0.397 e. The lowest BCUT2D eigenvalue weighted by Crippen LogP contribution is -2.59. The molecule has 1 aliphatic rings. The topological polar surface area (TPSA) is 143 Å². The van der Waals surface area contributed by atoms with E-state index >= 15 is 0 Å². The third-order valence-electron chi connectivity index (χ3n) is 3.71. The van der Waals surface area contributed by atoms with E-state index in [1.807, 2.05) is 0 Å². The zero-order chi connectivity index (χ0) is 18.3. The summed E-state index contributed by atoms with van der Waals surface area (Å²) in [6.45, 7) is 4.95. The predicted molar refractivity (Wildman–Crippen MR) is 83.4 cm³/mol. The summed E-state index contributed by atoms with van der Waals surface area (Å²) >= 11 is 0. The first-order chi connectivity index (χ1) is 11.2. The second-order valence-corrected chi connectivity index (χ2v) is 6.72. The molecule has 0 amide bonds. The Hall–Kier alpha value is -0.590. The monoisotopic (exact) mass is 370 g/mol. The van der Waals surface area contributed by atoms with E-state index in [0.29, 0.717) is 6.42 Å². The van der Waals surface area contributed by atoms with E-state index in [1.165, 1.54) is 6.08 Å². The first kappa shape index (κ1) is 21.5. The van der Waals surface area contributed by atoms with Crippen molar-refractivity contribution in [1.82, 2.24) is 0 Å². The number of unbranched alkanes of at least 4 members (excludes halogenated alkanes) is 2. The van der Waals surface area contributed by atoms with Gasteiger partial charge in [0.2, 0.25) is 0 Å². The van der Waals surface area contributed by atoms with Crippen molar-refractivity contribution in [1.29, 1.82) is 0 Å². The van der Waals surface area contributed by atoms with Gasteiger partial charge >= 0.3 is 10.4 Å². The van der Waals surface area contributed by atoms with Crippen molar-refractivity contribution in [3.63, 3.8) is 0 Å². The predicted octanol–water partition coefficient (Wildman–Crippen LogP) is -0.235. The first-order valence-electron chi connectivity index (χ1n) is 7.79. The minimum atomic E-state index is -4.73. The molecule has 0 spiro atoms. The minimum Gasteiger partial charge on any atom is -0.387 e. The molecular weight excluding hydrogens is 344 g/mol. The molecule has 6 unspecified atom stereocenters. The van der Waals surface area contributed by atoms with Crippen LogP contribution in [0.25, 0.3) is 0 Å². The Kier molecular flexibility index (Phi) is 8.74. The number of rotatable bonds is 10. The quantitative estimate of drug-likeness (QED) is 0.233. The molecule has 0 aliphatic carbocycles. The highest BCUT2D eigenvalue weighted by Crippen LogP contribution is 2.25. The fourth-order valence-corrected chi connectivity index (χ4v) is 2.64. The van der Waals surface area contributed by atoms with Gasteiger partial charge in [0, 0.05) is 0 Å². The van der Waals surface area contributed by atoms with Crippen LogP contribution in [0.2, 0.25) is 0 Å². The van der Waals surface area contributed by atoms with E-state index in [0.717, 1.165) is 19.3 Å². The summed E-state index contributed by atoms with van der Waals surface area (Å²) in [5.74, 6) is 0. The van der Waals surface area contributed by atoms with Gasteiger partial charge in [0.15, 0.2) is 6.29 Å². The summed E-state index contributed by atoms with van der Waals surface area (Å²) in [6, 6.07) is 0. The van der Waals surface area contributed by atoms with Gasteiger partial charge in [0.1, 0.15) is 24.4 Å². The summed E-state index contributed by atoms with van der Waals surface area (Å²) in [4.78, 5) is 0. The molecule has 1 heterocycles. The van der Waals surface area contributed by atoms with Crippen molar-refractivity contribution in [3.8, 4) is 0 Å². The van der Waals surface area contributed by atoms with Crippen LogP contribution in [-0.2, 0) is 24.1 Å². The summed E-state index contributed by atoms with van der Waals surface area (Å²) in [6.07, 6.45) is -2.76. The fraction of sp³-hybridized carbons (Fsp3) is 0.857. The number of aliphatic hydroxyl groups excluding tert-OH is 3. The van der Waals surface area contributed by atoms with Gasteiger partial charge in [-0.05, 0) is 6.42 Å². The molecule has 0 radical (unpaired) electrons. The number of ether oxygens (including phenoxy) is 2. The molecular formula is C14H26O9S. The fourth-order valence-electron chi connectivity index (χ4n) is 2.33. The van der Waals surface area contributed by atoms with E-state index in [4.69, 9.17) is 14.0 Å². The van der Waals surface area contributed by atoms with Crippen LogP contribution < -0.4 is 0 Å². The standard InChI is InChI=1S/C14H26O9S/c1-3-5-6-7-9(4-2)22-14-13(17)12(16)11(15)10(23-14)8-21-24(18,19)20/h4,9-17H,2-3,5-8H2,1H3,(H,18,19,20). The van der Waals surface area contributed by atoms with Crippen LogP contribution in [0.15, 0.2) is 12.7 Å². The van der Waals surface area contributed by atoms with Gasteiger partial charge in [0.05, 0.1) is 12.7 Å². The van der Waals surface area contributed by atoms with Gasteiger partial charge in [-0.25, -0.2) is 4.18 Å². The third-order valence-corrected chi connectivity index (χ3v) is 4.15. The molecule has 1 fully saturated rings. The highest BCUT2D eigenvalue weighted by Gasteiger charge is 2.45. The molecule has 9 nitrogen and oxygen atoms in total. The second-order valence-electron chi connectivity index (χ2n) is 5.63. The molecule has 1 saturated heterocycles. The highest BCUT2D eigenvalue weighted by atomic mass is 32.3. The summed E-state index contributed by atoms with van der Waals surface area (Å²) < 4.78 is 44.8. The van der Waals surface area contributed by atoms with Crippen LogP contribution in [0.5, 0.6) is 0 Å². The van der Waals surface area contributed by atoms with Crippen LogP contribution in [0.3, 0.4) is 0 Å². The van der Waals surface area contributed by atoms with Crippen molar-refractivity contribution in [2.75, 3.05) is 6.61 Å². The van der Waals surface area contributed by atoms with Crippen molar-refractivity contribution in [3.05, 3.63) is 12.7 Å². The van der Waals surface area contributed by atoms with E-state index in [1.54, 1.807) is 0 Å². The molecule has 6 atom stereocenters. The van der Waals surface area contributed by atoms with Gasteiger partial charge in [0.25, 0.3) is 0 Å². The van der Waals surface area contributed by atoms with E-state index in [2.05, 4.69) is 17.7 Å². The molecule has 0 saturated carbocycles. The lowest BCUT2D eigenvalue weighted by atomic mass is 9.99. The van der Waals surface area contributed by atoms with Crippen molar-refractivity contribution < 1.29 is 41.9 Å². The molecule has 24 heavy (non-hydrogen) atoms. The van der Waals surface area contributed by atoms with Crippen molar-refractivity contribution >= 4 is 10.4 Å². The maximum absolute atomic E-state index is 10.6. The maximum atomic E-state index is 10.6. The van der Waals surface area contributed by atoms with Crippen LogP contribution >= 0.6 is 0 Å². The van der Waals surface area contributed by atoms with E-state index in [9.17, 15) is 23.7 Å². The molecule has 1 aliphatic heterocycles. The molecule has 142 valence electrons. The van der Waals surface area contributed by atoms with Crippen molar-refractivity contribution in [2.45, 2.75) is 69.4 Å². The van der Waals surface area contributed by atoms with Gasteiger partial charge in [-0.3, -0.25) is 4.55 Å². The van der Waals surface area contributed by atoms with Crippen molar-refractivity contribution in [2.24, 2.45) is 0 Å². The van der Waals surface area contributed by atoms with Crippen LogP contribution in [-0.4, -0.2) is 71.7 Å². The Balaban J connectivity index is 2.68. The highest BCUT2D eigenvalue weighted by molar-refractivity contribution is 7.80. The zero-order valence-corrected chi connectivity index (χ0v) is 14.3. The van der Waals surface area contributed by atoms with E-state index < -0.39 is 53.8 Å². The second kappa shape index (κ2) is 9.78. The normalized spacial score (nSPS) is 32.5. The van der Waals surface area contributed by atoms with Crippen LogP contribution in [0.4, 0.5) is 0 Å². The van der Waals surface area contributed by atoms with Crippen LogP contribution in [0, 0.1) is 0 Å². The summed E-state index contributed by atoms with van der Waals surface area (Å²) in [5, 5.41) is 29.6. The lowest BCUT2D eigenvalue weighted by Gasteiger charge is -2.40. The minimum absolute atomic E-state index is 0.443. The van der Waals surface area contributed by atoms with Gasteiger partial charge in [-0.2, -0.15) is 8.42 Å². The smallest absolute Gasteiger partial charge is 0.387 e. The molecule has 1 rings (SSSR count). The number of hydrogen-bond donors (Lipinski definition) is 4. The summed E-state index contributed by atoms with van der Waals surface area (Å²) in [5.41, 5.74) is 0. The summed E-state index contributed by atoms with van der Waals surface area (Å²) in [7, 11) is -4.73. The Morgan fingerprint density at radius 3 is 2.42 bits per heavy atom. The molecule has 4 N–H and O–H groups in total. The largest absolute Gasteiger partial charge is 0.397 e. The lowest BCUT2D eigenvalue weighted by molar-refractivity contribution is -0.306. The molecule has 0 bridgehead atoms. The molecule has 10 heteroatoms. The molecule has 0 aromatic carbocycles. The first-order valence-corrected chi connectivity index (χ1v) is 9.15. The Bertz CT molecular complexity index is 481.